The van der Waals surface area contributed by atoms with Crippen LogP contribution in [0.5, 0.6) is 0 Å². The van der Waals surface area contributed by atoms with Crippen LogP contribution in [0.15, 0.2) is 0 Å². The molecule has 0 bridgehead atoms. The Hall–Kier alpha value is -1.18. The number of hydrogen-bond acceptors (Lipinski definition) is 7. The van der Waals surface area contributed by atoms with Crippen molar-refractivity contribution in [1.82, 2.24) is 0 Å². The normalized spacial score (nSPS) is 19.5. The Labute approximate surface area is 104 Å². The van der Waals surface area contributed by atoms with Crippen molar-refractivity contribution in [3.8, 4) is 0 Å². The Morgan fingerprint density at radius 3 is 1.67 bits per heavy atom. The van der Waals surface area contributed by atoms with Gasteiger partial charge in [0, 0.05) is 12.8 Å². The molecule has 0 unspecified atom stereocenters. The van der Waals surface area contributed by atoms with Gasteiger partial charge in [0.2, 0.25) is 0 Å². The summed E-state index contributed by atoms with van der Waals surface area (Å²) in [5.74, 6) is -1.18. The lowest BCUT2D eigenvalue weighted by Gasteiger charge is -2.34. The fraction of sp³-hybridized carbons (Fsp3) is 0.818. The highest BCUT2D eigenvalue weighted by Gasteiger charge is 2.43. The van der Waals surface area contributed by atoms with Gasteiger partial charge in [0.15, 0.2) is 0 Å². The highest BCUT2D eigenvalue weighted by molar-refractivity contribution is 5.72. The van der Waals surface area contributed by atoms with Gasteiger partial charge in [0.05, 0.1) is 19.8 Å². The van der Waals surface area contributed by atoms with Gasteiger partial charge in [0.25, 0.3) is 6.29 Å². The van der Waals surface area contributed by atoms with Gasteiger partial charge in [-0.05, 0) is 12.8 Å². The molecule has 0 aromatic heterocycles. The molecule has 1 saturated heterocycles. The first-order valence-corrected chi connectivity index (χ1v) is 5.79. The number of ether oxygens (including phenoxy) is 2. The van der Waals surface area contributed by atoms with Crippen molar-refractivity contribution in [2.45, 2.75) is 32.0 Å². The van der Waals surface area contributed by atoms with Crippen LogP contribution in [-0.2, 0) is 19.1 Å². The molecular formula is C11H18O7. The van der Waals surface area contributed by atoms with E-state index in [-0.39, 0.29) is 12.8 Å². The summed E-state index contributed by atoms with van der Waals surface area (Å²) in [6.07, 6.45) is -0.205. The van der Waals surface area contributed by atoms with Crippen molar-refractivity contribution in [2.24, 2.45) is 5.41 Å². The van der Waals surface area contributed by atoms with Gasteiger partial charge in [-0.2, -0.15) is 0 Å². The SMILES string of the molecule is O=C1CCCCC(=O)OC(C(CO)(CO)CO)O1. The van der Waals surface area contributed by atoms with Crippen LogP contribution in [-0.4, -0.2) is 53.4 Å². The fourth-order valence-electron chi connectivity index (χ4n) is 1.54. The Balaban J connectivity index is 2.91. The number of carbonyl (C=O) groups excluding carboxylic acids is 2. The number of hydrogen-bond donors (Lipinski definition) is 3. The average molecular weight is 262 g/mol. The minimum atomic E-state index is -1.59. The molecule has 1 heterocycles. The van der Waals surface area contributed by atoms with E-state index in [1.165, 1.54) is 0 Å². The van der Waals surface area contributed by atoms with E-state index in [2.05, 4.69) is 0 Å². The van der Waals surface area contributed by atoms with Crippen molar-refractivity contribution in [3.63, 3.8) is 0 Å². The van der Waals surface area contributed by atoms with Crippen molar-refractivity contribution in [2.75, 3.05) is 19.8 Å². The average Bonchev–Trinajstić information content (AvgIpc) is 2.44. The molecule has 0 amide bonds. The van der Waals surface area contributed by atoms with Crippen LogP contribution < -0.4 is 0 Å². The molecule has 3 N–H and O–H groups in total. The summed E-state index contributed by atoms with van der Waals surface area (Å²) in [5.41, 5.74) is -1.59. The molecule has 0 saturated carbocycles. The smallest absolute Gasteiger partial charge is 0.308 e. The van der Waals surface area contributed by atoms with Crippen LogP contribution in [0.25, 0.3) is 0 Å². The van der Waals surface area contributed by atoms with Crippen molar-refractivity contribution in [1.29, 1.82) is 0 Å². The summed E-state index contributed by atoms with van der Waals surface area (Å²) < 4.78 is 9.84. The second-order valence-corrected chi connectivity index (χ2v) is 4.36. The molecule has 18 heavy (non-hydrogen) atoms. The number of carbonyl (C=O) groups is 2. The van der Waals surface area contributed by atoms with Gasteiger partial charge >= 0.3 is 11.9 Å². The zero-order chi connectivity index (χ0) is 13.6. The largest absolute Gasteiger partial charge is 0.424 e. The van der Waals surface area contributed by atoms with Gasteiger partial charge < -0.3 is 24.8 Å². The van der Waals surface area contributed by atoms with E-state index < -0.39 is 43.5 Å². The highest BCUT2D eigenvalue weighted by atomic mass is 16.7. The molecule has 0 spiro atoms. The number of aliphatic hydroxyl groups excluding tert-OH is 3. The standard InChI is InChI=1S/C11H18O7/c12-5-11(6-13,7-14)10-17-8(15)3-1-2-4-9(16)18-10/h10,12-14H,1-7H2. The van der Waals surface area contributed by atoms with Gasteiger partial charge in [0.1, 0.15) is 5.41 Å². The lowest BCUT2D eigenvalue weighted by Crippen LogP contribution is -2.49. The molecular weight excluding hydrogens is 244 g/mol. The first-order chi connectivity index (χ1) is 8.57. The molecule has 0 aromatic carbocycles. The summed E-state index contributed by atoms with van der Waals surface area (Å²) in [6, 6.07) is 0. The predicted octanol–water partition coefficient (Wildman–Crippen LogP) is -1.06. The Morgan fingerprint density at radius 2 is 1.33 bits per heavy atom. The molecule has 0 atom stereocenters. The highest BCUT2D eigenvalue weighted by Crippen LogP contribution is 2.26. The summed E-state index contributed by atoms with van der Waals surface area (Å²) in [5, 5.41) is 27.7. The van der Waals surface area contributed by atoms with E-state index in [4.69, 9.17) is 9.47 Å². The van der Waals surface area contributed by atoms with E-state index >= 15 is 0 Å². The molecule has 0 aromatic rings. The minimum Gasteiger partial charge on any atom is -0.424 e. The zero-order valence-electron chi connectivity index (χ0n) is 10.0. The number of cyclic esters (lactones) is 2. The van der Waals surface area contributed by atoms with Crippen LogP contribution in [0.1, 0.15) is 25.7 Å². The predicted molar refractivity (Wildman–Crippen MR) is 58.1 cm³/mol. The molecule has 1 fully saturated rings. The molecule has 104 valence electrons. The number of rotatable bonds is 4. The van der Waals surface area contributed by atoms with Crippen LogP contribution in [0.4, 0.5) is 0 Å². The van der Waals surface area contributed by atoms with E-state index in [0.29, 0.717) is 12.8 Å². The van der Waals surface area contributed by atoms with Crippen LogP contribution in [0, 0.1) is 5.41 Å². The maximum atomic E-state index is 11.4. The van der Waals surface area contributed by atoms with Gasteiger partial charge in [-0.15, -0.1) is 0 Å². The van der Waals surface area contributed by atoms with Gasteiger partial charge in [-0.1, -0.05) is 0 Å². The topological polar surface area (TPSA) is 113 Å². The molecule has 1 aliphatic heterocycles. The maximum Gasteiger partial charge on any atom is 0.308 e. The number of esters is 2. The minimum absolute atomic E-state index is 0.130. The monoisotopic (exact) mass is 262 g/mol. The third kappa shape index (κ3) is 3.41. The lowest BCUT2D eigenvalue weighted by atomic mass is 9.90. The first-order valence-electron chi connectivity index (χ1n) is 5.79. The van der Waals surface area contributed by atoms with E-state index in [1.54, 1.807) is 0 Å². The molecule has 0 radical (unpaired) electrons. The lowest BCUT2D eigenvalue weighted by molar-refractivity contribution is -0.229. The van der Waals surface area contributed by atoms with Crippen LogP contribution in [0.3, 0.4) is 0 Å². The van der Waals surface area contributed by atoms with E-state index in [1.807, 2.05) is 0 Å². The summed E-state index contributed by atoms with van der Waals surface area (Å²) in [7, 11) is 0. The summed E-state index contributed by atoms with van der Waals surface area (Å²) >= 11 is 0. The third-order valence-electron chi connectivity index (χ3n) is 2.93. The molecule has 0 aliphatic carbocycles. The van der Waals surface area contributed by atoms with Gasteiger partial charge in [-0.25, -0.2) is 0 Å². The fourth-order valence-corrected chi connectivity index (χ4v) is 1.54. The van der Waals surface area contributed by atoms with Crippen molar-refractivity contribution < 1.29 is 34.4 Å². The quantitative estimate of drug-likeness (QED) is 0.553. The Morgan fingerprint density at radius 1 is 0.944 bits per heavy atom. The molecule has 7 heteroatoms. The Kier molecular flexibility index (Phi) is 5.52. The summed E-state index contributed by atoms with van der Waals surface area (Å²) in [4.78, 5) is 22.9. The molecule has 1 aliphatic rings. The number of aliphatic hydroxyl groups is 3. The van der Waals surface area contributed by atoms with Gasteiger partial charge in [-0.3, -0.25) is 9.59 Å². The first kappa shape index (κ1) is 14.9. The van der Waals surface area contributed by atoms with E-state index in [9.17, 15) is 24.9 Å². The second kappa shape index (κ2) is 6.67. The molecule has 7 nitrogen and oxygen atoms in total. The van der Waals surface area contributed by atoms with Crippen LogP contribution >= 0.6 is 0 Å². The second-order valence-electron chi connectivity index (χ2n) is 4.36. The Bertz CT molecular complexity index is 270. The van der Waals surface area contributed by atoms with Crippen LogP contribution in [0.2, 0.25) is 0 Å². The maximum absolute atomic E-state index is 11.4. The zero-order valence-corrected chi connectivity index (χ0v) is 10.0. The third-order valence-corrected chi connectivity index (χ3v) is 2.93. The van der Waals surface area contributed by atoms with Crippen molar-refractivity contribution in [3.05, 3.63) is 0 Å². The van der Waals surface area contributed by atoms with E-state index in [0.717, 1.165) is 0 Å². The molecule has 1 rings (SSSR count). The van der Waals surface area contributed by atoms with Crippen molar-refractivity contribution >= 4 is 11.9 Å². The summed E-state index contributed by atoms with van der Waals surface area (Å²) in [6.45, 7) is -2.03.